The van der Waals surface area contributed by atoms with E-state index in [0.717, 1.165) is 23.7 Å². The Bertz CT molecular complexity index is 414. The molecule has 0 aromatic carbocycles. The van der Waals surface area contributed by atoms with Crippen LogP contribution in [-0.4, -0.2) is 0 Å². The summed E-state index contributed by atoms with van der Waals surface area (Å²) in [6.07, 6.45) is 28.7. The predicted molar refractivity (Wildman–Crippen MR) is 116 cm³/mol. The minimum atomic E-state index is 0.782. The molecule has 0 atom stereocenters. The lowest BCUT2D eigenvalue weighted by Gasteiger charge is -2.26. The lowest BCUT2D eigenvalue weighted by atomic mass is 9.79. The van der Waals surface area contributed by atoms with Gasteiger partial charge in [0.1, 0.15) is 0 Å². The van der Waals surface area contributed by atoms with E-state index in [4.69, 9.17) is 0 Å². The van der Waals surface area contributed by atoms with Crippen molar-refractivity contribution in [2.75, 3.05) is 0 Å². The molecule has 0 nitrogen and oxygen atoms in total. The Balaban J connectivity index is 1.59. The summed E-state index contributed by atoms with van der Waals surface area (Å²) in [5, 5.41) is 0. The summed E-state index contributed by atoms with van der Waals surface area (Å²) in [7, 11) is 0. The molecule has 2 fully saturated rings. The molecule has 0 heteroatoms. The topological polar surface area (TPSA) is 0 Å². The van der Waals surface area contributed by atoms with Crippen molar-refractivity contribution in [3.8, 4) is 11.8 Å². The van der Waals surface area contributed by atoms with Gasteiger partial charge in [0, 0.05) is 0 Å². The van der Waals surface area contributed by atoms with Gasteiger partial charge in [0.15, 0.2) is 0 Å². The van der Waals surface area contributed by atoms with Gasteiger partial charge in [-0.3, -0.25) is 0 Å². The van der Waals surface area contributed by atoms with Crippen LogP contribution in [0.15, 0.2) is 24.3 Å². The Labute approximate surface area is 163 Å². The summed E-state index contributed by atoms with van der Waals surface area (Å²) in [5.74, 6) is 10.0. The van der Waals surface area contributed by atoms with Gasteiger partial charge in [0.25, 0.3) is 0 Å². The van der Waals surface area contributed by atoms with Crippen molar-refractivity contribution in [2.45, 2.75) is 104 Å². The van der Waals surface area contributed by atoms with E-state index in [9.17, 15) is 0 Å². The van der Waals surface area contributed by atoms with E-state index in [1.165, 1.54) is 89.9 Å². The Hall–Kier alpha value is -0.960. The minimum Gasteiger partial charge on any atom is -0.0730 e. The number of allylic oxidation sites excluding steroid dienone is 4. The zero-order chi connectivity index (χ0) is 18.5. The molecule has 26 heavy (non-hydrogen) atoms. The Morgan fingerprint density at radius 2 is 1.00 bits per heavy atom. The number of hydrogen-bond donors (Lipinski definition) is 0. The van der Waals surface area contributed by atoms with Gasteiger partial charge in [-0.25, -0.2) is 0 Å². The van der Waals surface area contributed by atoms with Gasteiger partial charge in [-0.2, -0.15) is 0 Å². The molecule has 2 rings (SSSR count). The van der Waals surface area contributed by atoms with Gasteiger partial charge in [0.2, 0.25) is 0 Å². The molecule has 0 aromatic heterocycles. The highest BCUT2D eigenvalue weighted by Gasteiger charge is 2.19. The van der Waals surface area contributed by atoms with Crippen LogP contribution in [0.2, 0.25) is 0 Å². The van der Waals surface area contributed by atoms with Crippen molar-refractivity contribution in [1.82, 2.24) is 0 Å². The third kappa shape index (κ3) is 8.62. The molecular weight excluding hydrogens is 312 g/mol. The van der Waals surface area contributed by atoms with Crippen LogP contribution in [-0.2, 0) is 0 Å². The van der Waals surface area contributed by atoms with Crippen LogP contribution >= 0.6 is 0 Å². The number of unbranched alkanes of at least 4 members (excludes halogenated alkanes) is 2. The molecule has 0 N–H and O–H groups in total. The fourth-order valence-electron chi connectivity index (χ4n) is 4.79. The van der Waals surface area contributed by atoms with Gasteiger partial charge in [-0.1, -0.05) is 76.4 Å². The Morgan fingerprint density at radius 3 is 1.35 bits per heavy atom. The molecule has 0 bridgehead atoms. The second kappa shape index (κ2) is 13.2. The van der Waals surface area contributed by atoms with E-state index in [1.54, 1.807) is 0 Å². The van der Waals surface area contributed by atoms with Crippen molar-refractivity contribution < 1.29 is 0 Å². The van der Waals surface area contributed by atoms with Crippen LogP contribution in [0.1, 0.15) is 104 Å². The lowest BCUT2D eigenvalue weighted by molar-refractivity contribution is 0.290. The first-order chi connectivity index (χ1) is 12.8. The third-order valence-corrected chi connectivity index (χ3v) is 6.70. The van der Waals surface area contributed by atoms with Gasteiger partial charge in [0.05, 0.1) is 0 Å². The van der Waals surface area contributed by atoms with Crippen molar-refractivity contribution >= 4 is 0 Å². The first kappa shape index (κ1) is 21.3. The third-order valence-electron chi connectivity index (χ3n) is 6.70. The van der Waals surface area contributed by atoms with Crippen molar-refractivity contribution in [3.05, 3.63) is 24.3 Å². The maximum Gasteiger partial charge on any atom is -0.0153 e. The quantitative estimate of drug-likeness (QED) is 0.386. The van der Waals surface area contributed by atoms with Gasteiger partial charge in [-0.15, -0.1) is 0 Å². The zero-order valence-electron chi connectivity index (χ0n) is 17.5. The van der Waals surface area contributed by atoms with E-state index in [-0.39, 0.29) is 0 Å². The average Bonchev–Trinajstić information content (AvgIpc) is 2.69. The van der Waals surface area contributed by atoms with Crippen LogP contribution < -0.4 is 0 Å². The average molecular weight is 355 g/mol. The smallest absolute Gasteiger partial charge is 0.0153 e. The van der Waals surface area contributed by atoms with Gasteiger partial charge >= 0.3 is 0 Å². The standard InChI is InChI=1S/C26H42/c1-3-5-11-23-15-19-25(20-16-23)13-9-7-8-10-14-26-21-17-24(18-22-26)12-6-4-2/h9-10,13-14,23-26H,3-6,11-12,15-22H2,1-2H3/b13-9+,14-10+/t23-,24-,25-,26-. The van der Waals surface area contributed by atoms with Gasteiger partial charge in [-0.05, 0) is 87.2 Å². The second-order valence-electron chi connectivity index (χ2n) is 8.85. The SMILES string of the molecule is CCCC[C@H]1CC[C@H](/C=C/C#C/C=C/[C@H]2CC[C@H](CCCC)CC2)CC1. The van der Waals surface area contributed by atoms with Crippen molar-refractivity contribution in [2.24, 2.45) is 23.7 Å². The highest BCUT2D eigenvalue weighted by atomic mass is 14.2. The van der Waals surface area contributed by atoms with Crippen LogP contribution in [0.4, 0.5) is 0 Å². The Kier molecular flexibility index (Phi) is 10.9. The molecule has 0 aromatic rings. The van der Waals surface area contributed by atoms with E-state index in [1.807, 2.05) is 0 Å². The first-order valence-electron chi connectivity index (χ1n) is 11.7. The van der Waals surface area contributed by atoms with E-state index in [2.05, 4.69) is 50.0 Å². The number of rotatable bonds is 8. The Morgan fingerprint density at radius 1 is 0.615 bits per heavy atom. The number of hydrogen-bond acceptors (Lipinski definition) is 0. The fraction of sp³-hybridized carbons (Fsp3) is 0.769. The molecule has 0 radical (unpaired) electrons. The molecule has 2 saturated carbocycles. The van der Waals surface area contributed by atoms with Crippen molar-refractivity contribution in [3.63, 3.8) is 0 Å². The summed E-state index contributed by atoms with van der Waals surface area (Å²) in [6, 6.07) is 0. The maximum absolute atomic E-state index is 3.24. The summed E-state index contributed by atoms with van der Waals surface area (Å²) in [6.45, 7) is 4.61. The summed E-state index contributed by atoms with van der Waals surface area (Å²) in [5.41, 5.74) is 0. The lowest BCUT2D eigenvalue weighted by Crippen LogP contribution is -2.12. The summed E-state index contributed by atoms with van der Waals surface area (Å²) >= 11 is 0. The van der Waals surface area contributed by atoms with Gasteiger partial charge < -0.3 is 0 Å². The van der Waals surface area contributed by atoms with Crippen LogP contribution in [0.5, 0.6) is 0 Å². The van der Waals surface area contributed by atoms with Crippen LogP contribution in [0.25, 0.3) is 0 Å². The first-order valence-corrected chi connectivity index (χ1v) is 11.7. The predicted octanol–water partition coefficient (Wildman–Crippen LogP) is 8.10. The monoisotopic (exact) mass is 354 g/mol. The molecule has 146 valence electrons. The highest BCUT2D eigenvalue weighted by Crippen LogP contribution is 2.33. The van der Waals surface area contributed by atoms with Crippen molar-refractivity contribution in [1.29, 1.82) is 0 Å². The molecule has 0 spiro atoms. The molecular formula is C26H42. The molecule has 2 aliphatic rings. The van der Waals surface area contributed by atoms with E-state index < -0.39 is 0 Å². The van der Waals surface area contributed by atoms with E-state index in [0.29, 0.717) is 0 Å². The summed E-state index contributed by atoms with van der Waals surface area (Å²) < 4.78 is 0. The minimum absolute atomic E-state index is 0.782. The molecule has 0 aliphatic heterocycles. The van der Waals surface area contributed by atoms with Crippen LogP contribution in [0.3, 0.4) is 0 Å². The highest BCUT2D eigenvalue weighted by molar-refractivity contribution is 5.24. The molecule has 0 amide bonds. The zero-order valence-corrected chi connectivity index (χ0v) is 17.5. The fourth-order valence-corrected chi connectivity index (χ4v) is 4.79. The largest absolute Gasteiger partial charge is 0.0730 e. The van der Waals surface area contributed by atoms with E-state index >= 15 is 0 Å². The second-order valence-corrected chi connectivity index (χ2v) is 8.85. The molecule has 0 saturated heterocycles. The molecule has 0 unspecified atom stereocenters. The molecule has 0 heterocycles. The molecule has 2 aliphatic carbocycles. The normalized spacial score (nSPS) is 29.8. The maximum atomic E-state index is 3.24. The summed E-state index contributed by atoms with van der Waals surface area (Å²) in [4.78, 5) is 0. The van der Waals surface area contributed by atoms with Crippen LogP contribution in [0, 0.1) is 35.5 Å².